The van der Waals surface area contributed by atoms with E-state index in [1.165, 1.54) is 6.07 Å². The number of nitro groups is 1. The standard InChI is InChI=1S/C13H21N3O2/c1-9(2)6-11(8-14)15-13-7-12(16(17)18)5-4-10(13)3/h4-5,7,9,11,15H,6,8,14H2,1-3H3. The first kappa shape index (κ1) is 14.4. The van der Waals surface area contributed by atoms with E-state index in [-0.39, 0.29) is 16.7 Å². The third kappa shape index (κ3) is 4.00. The fourth-order valence-electron chi connectivity index (χ4n) is 1.88. The van der Waals surface area contributed by atoms with Crippen LogP contribution in [0.15, 0.2) is 18.2 Å². The minimum atomic E-state index is -0.384. The third-order valence-corrected chi connectivity index (χ3v) is 2.83. The number of aryl methyl sites for hydroxylation is 1. The number of non-ortho nitro benzene ring substituents is 1. The molecular formula is C13H21N3O2. The summed E-state index contributed by atoms with van der Waals surface area (Å²) in [6.45, 7) is 6.70. The van der Waals surface area contributed by atoms with Crippen LogP contribution in [0.4, 0.5) is 11.4 Å². The van der Waals surface area contributed by atoms with E-state index >= 15 is 0 Å². The summed E-state index contributed by atoms with van der Waals surface area (Å²) in [6, 6.07) is 4.98. The van der Waals surface area contributed by atoms with Crippen molar-refractivity contribution in [3.8, 4) is 0 Å². The van der Waals surface area contributed by atoms with Crippen LogP contribution in [0.25, 0.3) is 0 Å². The number of anilines is 1. The van der Waals surface area contributed by atoms with Gasteiger partial charge in [0.15, 0.2) is 0 Å². The molecule has 5 nitrogen and oxygen atoms in total. The Kier molecular flexibility index (Phi) is 5.09. The van der Waals surface area contributed by atoms with Crippen molar-refractivity contribution >= 4 is 11.4 Å². The maximum atomic E-state index is 10.8. The summed E-state index contributed by atoms with van der Waals surface area (Å²) in [6.07, 6.45) is 0.943. The Bertz CT molecular complexity index is 419. The maximum Gasteiger partial charge on any atom is 0.271 e. The summed E-state index contributed by atoms with van der Waals surface area (Å²) in [4.78, 5) is 10.4. The molecule has 0 amide bonds. The highest BCUT2D eigenvalue weighted by molar-refractivity contribution is 5.57. The Balaban J connectivity index is 2.87. The van der Waals surface area contributed by atoms with Gasteiger partial charge in [0.2, 0.25) is 0 Å². The zero-order valence-electron chi connectivity index (χ0n) is 11.1. The van der Waals surface area contributed by atoms with Gasteiger partial charge in [0.1, 0.15) is 0 Å². The van der Waals surface area contributed by atoms with Crippen molar-refractivity contribution < 1.29 is 4.92 Å². The van der Waals surface area contributed by atoms with Crippen LogP contribution in [-0.4, -0.2) is 17.5 Å². The van der Waals surface area contributed by atoms with Crippen LogP contribution in [0.2, 0.25) is 0 Å². The highest BCUT2D eigenvalue weighted by Gasteiger charge is 2.13. The number of hydrogen-bond acceptors (Lipinski definition) is 4. The van der Waals surface area contributed by atoms with E-state index in [9.17, 15) is 10.1 Å². The van der Waals surface area contributed by atoms with Gasteiger partial charge >= 0.3 is 0 Å². The average Bonchev–Trinajstić information content (AvgIpc) is 2.29. The first-order valence-electron chi connectivity index (χ1n) is 6.15. The zero-order chi connectivity index (χ0) is 13.7. The molecule has 1 aromatic carbocycles. The number of nitrogens with one attached hydrogen (secondary N) is 1. The van der Waals surface area contributed by atoms with Crippen LogP contribution in [0.5, 0.6) is 0 Å². The monoisotopic (exact) mass is 251 g/mol. The molecule has 1 rings (SSSR count). The van der Waals surface area contributed by atoms with E-state index in [4.69, 9.17) is 5.73 Å². The molecule has 1 atom stereocenters. The molecule has 0 radical (unpaired) electrons. The Morgan fingerprint density at radius 1 is 1.44 bits per heavy atom. The maximum absolute atomic E-state index is 10.8. The fraction of sp³-hybridized carbons (Fsp3) is 0.538. The van der Waals surface area contributed by atoms with Gasteiger partial charge in [0, 0.05) is 30.4 Å². The molecule has 18 heavy (non-hydrogen) atoms. The lowest BCUT2D eigenvalue weighted by atomic mass is 10.0. The number of benzene rings is 1. The molecule has 100 valence electrons. The number of nitrogens with zero attached hydrogens (tertiary/aromatic N) is 1. The molecule has 1 unspecified atom stereocenters. The molecule has 0 spiro atoms. The Labute approximate surface area is 108 Å². The molecule has 1 aromatic rings. The molecule has 0 fully saturated rings. The van der Waals surface area contributed by atoms with E-state index in [0.717, 1.165) is 17.7 Å². The van der Waals surface area contributed by atoms with E-state index in [0.29, 0.717) is 12.5 Å². The van der Waals surface area contributed by atoms with Crippen molar-refractivity contribution in [2.24, 2.45) is 11.7 Å². The first-order valence-corrected chi connectivity index (χ1v) is 6.15. The van der Waals surface area contributed by atoms with Crippen molar-refractivity contribution in [3.63, 3.8) is 0 Å². The Morgan fingerprint density at radius 3 is 2.61 bits per heavy atom. The second-order valence-electron chi connectivity index (χ2n) is 4.96. The predicted molar refractivity (Wildman–Crippen MR) is 73.8 cm³/mol. The van der Waals surface area contributed by atoms with Gasteiger partial charge < -0.3 is 11.1 Å². The zero-order valence-corrected chi connectivity index (χ0v) is 11.1. The molecule has 0 bridgehead atoms. The lowest BCUT2D eigenvalue weighted by molar-refractivity contribution is -0.384. The van der Waals surface area contributed by atoms with Crippen LogP contribution >= 0.6 is 0 Å². The number of rotatable bonds is 6. The third-order valence-electron chi connectivity index (χ3n) is 2.83. The van der Waals surface area contributed by atoms with E-state index < -0.39 is 0 Å². The second kappa shape index (κ2) is 6.35. The number of nitrogens with two attached hydrogens (primary N) is 1. The average molecular weight is 251 g/mol. The van der Waals surface area contributed by atoms with E-state index in [1.54, 1.807) is 12.1 Å². The van der Waals surface area contributed by atoms with Gasteiger partial charge in [-0.15, -0.1) is 0 Å². The largest absolute Gasteiger partial charge is 0.381 e. The molecular weight excluding hydrogens is 230 g/mol. The number of nitro benzene ring substituents is 1. The smallest absolute Gasteiger partial charge is 0.271 e. The van der Waals surface area contributed by atoms with Crippen molar-refractivity contribution in [1.82, 2.24) is 0 Å². The Morgan fingerprint density at radius 2 is 2.11 bits per heavy atom. The van der Waals surface area contributed by atoms with Crippen LogP contribution < -0.4 is 11.1 Å². The van der Waals surface area contributed by atoms with Gasteiger partial charge in [0.25, 0.3) is 5.69 Å². The summed E-state index contributed by atoms with van der Waals surface area (Å²) in [5.74, 6) is 0.532. The lowest BCUT2D eigenvalue weighted by Gasteiger charge is -2.21. The summed E-state index contributed by atoms with van der Waals surface area (Å²) in [5.41, 5.74) is 7.60. The summed E-state index contributed by atoms with van der Waals surface area (Å²) in [7, 11) is 0. The molecule has 0 saturated heterocycles. The van der Waals surface area contributed by atoms with Crippen LogP contribution in [0.1, 0.15) is 25.8 Å². The van der Waals surface area contributed by atoms with E-state index in [1.807, 2.05) is 6.92 Å². The minimum absolute atomic E-state index is 0.100. The van der Waals surface area contributed by atoms with Crippen LogP contribution in [-0.2, 0) is 0 Å². The van der Waals surface area contributed by atoms with Crippen molar-refractivity contribution in [1.29, 1.82) is 0 Å². The van der Waals surface area contributed by atoms with Crippen molar-refractivity contribution in [2.45, 2.75) is 33.2 Å². The topological polar surface area (TPSA) is 81.2 Å². The predicted octanol–water partition coefficient (Wildman–Crippen LogP) is 2.69. The van der Waals surface area contributed by atoms with E-state index in [2.05, 4.69) is 19.2 Å². The van der Waals surface area contributed by atoms with Gasteiger partial charge in [0.05, 0.1) is 4.92 Å². The molecule has 0 aliphatic carbocycles. The summed E-state index contributed by atoms with van der Waals surface area (Å²) < 4.78 is 0. The fourth-order valence-corrected chi connectivity index (χ4v) is 1.88. The highest BCUT2D eigenvalue weighted by atomic mass is 16.6. The SMILES string of the molecule is Cc1ccc([N+](=O)[O-])cc1NC(CN)CC(C)C. The van der Waals surface area contributed by atoms with Crippen LogP contribution in [0.3, 0.4) is 0 Å². The molecule has 0 saturated carbocycles. The lowest BCUT2D eigenvalue weighted by Crippen LogP contribution is -2.30. The summed E-state index contributed by atoms with van der Waals surface area (Å²) in [5, 5.41) is 14.0. The highest BCUT2D eigenvalue weighted by Crippen LogP contribution is 2.23. The minimum Gasteiger partial charge on any atom is -0.381 e. The normalized spacial score (nSPS) is 12.5. The van der Waals surface area contributed by atoms with Crippen LogP contribution in [0, 0.1) is 23.0 Å². The van der Waals surface area contributed by atoms with Gasteiger partial charge in [-0.05, 0) is 24.8 Å². The first-order chi connectivity index (χ1) is 8.43. The molecule has 0 aliphatic rings. The second-order valence-corrected chi connectivity index (χ2v) is 4.96. The van der Waals surface area contributed by atoms with Crippen molar-refractivity contribution in [3.05, 3.63) is 33.9 Å². The van der Waals surface area contributed by atoms with Gasteiger partial charge in [-0.1, -0.05) is 19.9 Å². The molecule has 0 heterocycles. The van der Waals surface area contributed by atoms with Gasteiger partial charge in [-0.25, -0.2) is 0 Å². The quantitative estimate of drug-likeness (QED) is 0.601. The molecule has 5 heteroatoms. The number of hydrogen-bond donors (Lipinski definition) is 2. The molecule has 3 N–H and O–H groups in total. The van der Waals surface area contributed by atoms with Gasteiger partial charge in [-0.2, -0.15) is 0 Å². The van der Waals surface area contributed by atoms with Crippen molar-refractivity contribution in [2.75, 3.05) is 11.9 Å². The van der Waals surface area contributed by atoms with Gasteiger partial charge in [-0.3, -0.25) is 10.1 Å². The Hall–Kier alpha value is -1.62. The molecule has 0 aromatic heterocycles. The molecule has 0 aliphatic heterocycles. The summed E-state index contributed by atoms with van der Waals surface area (Å²) >= 11 is 0.